The molecule has 28 heavy (non-hydrogen) atoms. The smallest absolute Gasteiger partial charge is 0.309 e. The Morgan fingerprint density at radius 3 is 2.57 bits per heavy atom. The minimum atomic E-state index is -4.34. The van der Waals surface area contributed by atoms with Gasteiger partial charge in [0.05, 0.1) is 5.56 Å². The molecule has 2 heterocycles. The molecule has 1 saturated carbocycles. The molecule has 0 radical (unpaired) electrons. The van der Waals surface area contributed by atoms with Crippen LogP contribution >= 0.6 is 0 Å². The zero-order chi connectivity index (χ0) is 19.7. The van der Waals surface area contributed by atoms with Crippen LogP contribution in [0.4, 0.5) is 13.2 Å². The van der Waals surface area contributed by atoms with Crippen LogP contribution in [0.5, 0.6) is 0 Å². The number of pyridine rings is 1. The molecule has 0 saturated heterocycles. The molecular weight excluding hydrogens is 365 g/mol. The lowest BCUT2D eigenvalue weighted by molar-refractivity contribution is -0.138. The van der Waals surface area contributed by atoms with Gasteiger partial charge in [-0.1, -0.05) is 18.2 Å². The van der Waals surface area contributed by atoms with Crippen molar-refractivity contribution in [2.24, 2.45) is 5.92 Å². The molecule has 0 bridgehead atoms. The maximum atomic E-state index is 13.2. The van der Waals surface area contributed by atoms with Crippen molar-refractivity contribution in [1.29, 1.82) is 0 Å². The van der Waals surface area contributed by atoms with Crippen LogP contribution in [0.2, 0.25) is 0 Å². The van der Waals surface area contributed by atoms with Gasteiger partial charge >= 0.3 is 6.18 Å². The van der Waals surface area contributed by atoms with Crippen molar-refractivity contribution in [2.45, 2.75) is 45.3 Å². The molecule has 1 aliphatic rings. The van der Waals surface area contributed by atoms with E-state index < -0.39 is 11.7 Å². The van der Waals surface area contributed by atoms with Crippen LogP contribution in [0.25, 0.3) is 11.5 Å². The van der Waals surface area contributed by atoms with Crippen LogP contribution in [0.15, 0.2) is 42.6 Å². The minimum absolute atomic E-state index is 0.241. The summed E-state index contributed by atoms with van der Waals surface area (Å²) in [7, 11) is 0. The summed E-state index contributed by atoms with van der Waals surface area (Å²) in [5, 5.41) is 8.65. The van der Waals surface area contributed by atoms with E-state index in [1.165, 1.54) is 31.9 Å². The number of aryl methyl sites for hydroxylation is 3. The fourth-order valence-corrected chi connectivity index (χ4v) is 3.34. The summed E-state index contributed by atoms with van der Waals surface area (Å²) in [5.41, 5.74) is 1.08. The van der Waals surface area contributed by atoms with Gasteiger partial charge in [-0.25, -0.2) is 0 Å². The Balaban J connectivity index is 1.58. The van der Waals surface area contributed by atoms with Crippen molar-refractivity contribution in [3.63, 3.8) is 0 Å². The van der Waals surface area contributed by atoms with Gasteiger partial charge in [0.25, 0.3) is 0 Å². The molecule has 0 N–H and O–H groups in total. The van der Waals surface area contributed by atoms with Gasteiger partial charge in [-0.2, -0.15) is 13.2 Å². The summed E-state index contributed by atoms with van der Waals surface area (Å²) in [4.78, 5) is 4.37. The van der Waals surface area contributed by atoms with Gasteiger partial charge in [0.1, 0.15) is 11.5 Å². The van der Waals surface area contributed by atoms with Crippen LogP contribution in [0, 0.1) is 12.8 Å². The topological polar surface area (TPSA) is 43.6 Å². The molecule has 3 aromatic rings. The zero-order valence-corrected chi connectivity index (χ0v) is 15.6. The lowest BCUT2D eigenvalue weighted by Crippen LogP contribution is -2.10. The third-order valence-corrected chi connectivity index (χ3v) is 5.10. The number of halogens is 3. The Labute approximate surface area is 161 Å². The third kappa shape index (κ3) is 4.08. The number of nitrogens with zero attached hydrogens (tertiary/aromatic N) is 4. The number of aromatic nitrogens is 4. The van der Waals surface area contributed by atoms with E-state index in [0.717, 1.165) is 23.9 Å². The second-order valence-electron chi connectivity index (χ2n) is 7.36. The maximum absolute atomic E-state index is 13.2. The van der Waals surface area contributed by atoms with E-state index in [1.807, 2.05) is 18.2 Å². The predicted molar refractivity (Wildman–Crippen MR) is 99.6 cm³/mol. The van der Waals surface area contributed by atoms with Crippen LogP contribution < -0.4 is 0 Å². The molecule has 146 valence electrons. The number of rotatable bonds is 6. The van der Waals surface area contributed by atoms with Crippen molar-refractivity contribution in [2.75, 3.05) is 0 Å². The molecule has 0 amide bonds. The first kappa shape index (κ1) is 18.7. The van der Waals surface area contributed by atoms with Gasteiger partial charge in [-0.3, -0.25) is 4.98 Å². The quantitative estimate of drug-likeness (QED) is 0.608. The molecule has 7 heteroatoms. The average Bonchev–Trinajstić information content (AvgIpc) is 3.40. The van der Waals surface area contributed by atoms with Gasteiger partial charge in [0.2, 0.25) is 0 Å². The Hall–Kier alpha value is -2.70. The summed E-state index contributed by atoms with van der Waals surface area (Å²) >= 11 is 0. The van der Waals surface area contributed by atoms with Crippen molar-refractivity contribution in [1.82, 2.24) is 19.7 Å². The van der Waals surface area contributed by atoms with Crippen LogP contribution in [-0.4, -0.2) is 19.7 Å². The SMILES string of the molecule is Cc1ccc(CCc2nnc(-c3ccccn3)n2CC2CC2)cc1C(F)(F)F. The summed E-state index contributed by atoms with van der Waals surface area (Å²) in [6.07, 6.45) is 0.772. The van der Waals surface area contributed by atoms with Gasteiger partial charge < -0.3 is 4.57 Å². The van der Waals surface area contributed by atoms with Gasteiger partial charge in [0, 0.05) is 19.2 Å². The molecule has 0 spiro atoms. The van der Waals surface area contributed by atoms with E-state index >= 15 is 0 Å². The lowest BCUT2D eigenvalue weighted by Gasteiger charge is -2.13. The first-order chi connectivity index (χ1) is 13.4. The molecule has 0 aliphatic heterocycles. The molecule has 1 aliphatic carbocycles. The molecule has 0 unspecified atom stereocenters. The van der Waals surface area contributed by atoms with Crippen LogP contribution in [-0.2, 0) is 25.6 Å². The number of hydrogen-bond acceptors (Lipinski definition) is 3. The largest absolute Gasteiger partial charge is 0.416 e. The molecule has 2 aromatic heterocycles. The second-order valence-corrected chi connectivity index (χ2v) is 7.36. The van der Waals surface area contributed by atoms with Crippen molar-refractivity contribution in [3.8, 4) is 11.5 Å². The average molecular weight is 386 g/mol. The molecular formula is C21H21F3N4. The van der Waals surface area contributed by atoms with E-state index in [4.69, 9.17) is 0 Å². The maximum Gasteiger partial charge on any atom is 0.416 e. The molecule has 1 fully saturated rings. The number of benzene rings is 1. The van der Waals surface area contributed by atoms with Gasteiger partial charge in [-0.15, -0.1) is 10.2 Å². The zero-order valence-electron chi connectivity index (χ0n) is 15.6. The lowest BCUT2D eigenvalue weighted by atomic mass is 10.0. The first-order valence-corrected chi connectivity index (χ1v) is 9.42. The monoisotopic (exact) mass is 386 g/mol. The molecule has 1 aromatic carbocycles. The highest BCUT2D eigenvalue weighted by Gasteiger charge is 2.32. The molecule has 4 nitrogen and oxygen atoms in total. The fourth-order valence-electron chi connectivity index (χ4n) is 3.34. The summed E-state index contributed by atoms with van der Waals surface area (Å²) < 4.78 is 41.6. The highest BCUT2D eigenvalue weighted by atomic mass is 19.4. The van der Waals surface area contributed by atoms with E-state index in [-0.39, 0.29) is 5.56 Å². The highest BCUT2D eigenvalue weighted by molar-refractivity contribution is 5.49. The van der Waals surface area contributed by atoms with Gasteiger partial charge in [0.15, 0.2) is 5.82 Å². The van der Waals surface area contributed by atoms with E-state index in [9.17, 15) is 13.2 Å². The third-order valence-electron chi connectivity index (χ3n) is 5.10. The number of alkyl halides is 3. The summed E-state index contributed by atoms with van der Waals surface area (Å²) in [6, 6.07) is 10.2. The highest BCUT2D eigenvalue weighted by Crippen LogP contribution is 2.34. The van der Waals surface area contributed by atoms with E-state index in [2.05, 4.69) is 19.7 Å². The van der Waals surface area contributed by atoms with Crippen molar-refractivity contribution in [3.05, 3.63) is 65.1 Å². The Bertz CT molecular complexity index is 960. The van der Waals surface area contributed by atoms with Gasteiger partial charge in [-0.05, 0) is 61.4 Å². The standard InChI is InChI=1S/C21H21F3N4/c1-14-5-6-15(12-17(14)21(22,23)24)9-10-19-26-27-20(18-4-2-3-11-25-18)28(19)13-16-7-8-16/h2-6,11-12,16H,7-10,13H2,1H3. The summed E-state index contributed by atoms with van der Waals surface area (Å²) in [5.74, 6) is 2.14. The normalized spacial score (nSPS) is 14.4. The predicted octanol–water partition coefficient (Wildman–Crippen LogP) is 4.86. The summed E-state index contributed by atoms with van der Waals surface area (Å²) in [6.45, 7) is 2.31. The molecule has 0 atom stereocenters. The minimum Gasteiger partial charge on any atom is -0.309 e. The van der Waals surface area contributed by atoms with E-state index in [1.54, 1.807) is 12.3 Å². The van der Waals surface area contributed by atoms with E-state index in [0.29, 0.717) is 24.3 Å². The first-order valence-electron chi connectivity index (χ1n) is 9.42. The second kappa shape index (κ2) is 7.37. The van der Waals surface area contributed by atoms with Crippen molar-refractivity contribution >= 4 is 0 Å². The fraction of sp³-hybridized carbons (Fsp3) is 0.381. The number of hydrogen-bond donors (Lipinski definition) is 0. The van der Waals surface area contributed by atoms with Crippen molar-refractivity contribution < 1.29 is 13.2 Å². The Kier molecular flexibility index (Phi) is 4.91. The molecule has 4 rings (SSSR count). The van der Waals surface area contributed by atoms with Crippen LogP contribution in [0.1, 0.15) is 35.4 Å². The Morgan fingerprint density at radius 1 is 1.07 bits per heavy atom. The Morgan fingerprint density at radius 2 is 1.89 bits per heavy atom. The van der Waals surface area contributed by atoms with Crippen LogP contribution in [0.3, 0.4) is 0 Å².